The number of nitrogens with zero attached hydrogens (tertiary/aromatic N) is 5. The van der Waals surface area contributed by atoms with Crippen molar-refractivity contribution in [2.45, 2.75) is 19.4 Å². The fourth-order valence-corrected chi connectivity index (χ4v) is 5.92. The Bertz CT molecular complexity index is 1740. The van der Waals surface area contributed by atoms with Crippen molar-refractivity contribution in [3.05, 3.63) is 77.5 Å². The molecule has 12 heteroatoms. The number of hydrogen-bond acceptors (Lipinski definition) is 5. The summed E-state index contributed by atoms with van der Waals surface area (Å²) in [5.74, 6) is -2.36. The van der Waals surface area contributed by atoms with Crippen LogP contribution in [0, 0.1) is 17.5 Å². The summed E-state index contributed by atoms with van der Waals surface area (Å²) in [7, 11) is 3.15. The van der Waals surface area contributed by atoms with Gasteiger partial charge in [0.05, 0.1) is 11.2 Å². The van der Waals surface area contributed by atoms with Gasteiger partial charge in [-0.1, -0.05) is 6.08 Å². The van der Waals surface area contributed by atoms with Crippen molar-refractivity contribution in [1.29, 1.82) is 0 Å². The molecule has 0 aliphatic carbocycles. The number of fused-ring (bicyclic) bond motifs is 1. The Labute approximate surface area is 252 Å². The maximum Gasteiger partial charge on any atom is 0.269 e. The third kappa shape index (κ3) is 5.69. The van der Waals surface area contributed by atoms with Crippen LogP contribution in [-0.2, 0) is 11.3 Å². The molecule has 0 spiro atoms. The first kappa shape index (κ1) is 29.5. The molecule has 6 rings (SSSR count). The number of halogens is 3. The Morgan fingerprint density at radius 3 is 2.50 bits per heavy atom. The number of amides is 2. The third-order valence-electron chi connectivity index (χ3n) is 8.24. The molecule has 0 radical (unpaired) electrons. The first-order chi connectivity index (χ1) is 21.2. The lowest BCUT2D eigenvalue weighted by Gasteiger charge is -2.30. The number of rotatable bonds is 7. The SMILES string of the molecule is CN(C)C(=O)c1cc2c(-c3cc(F)c(N4CCNCC4)cc3F)cc(C3=CCCN(C(=O)CCn4cccn4)C3)c(F)c2[nH]1. The van der Waals surface area contributed by atoms with E-state index in [0.29, 0.717) is 51.3 Å². The first-order valence-electron chi connectivity index (χ1n) is 14.7. The van der Waals surface area contributed by atoms with Crippen molar-refractivity contribution >= 4 is 34.0 Å². The van der Waals surface area contributed by atoms with Crippen molar-refractivity contribution in [2.75, 3.05) is 58.3 Å². The molecule has 1 saturated heterocycles. The number of hydrogen-bond donors (Lipinski definition) is 2. The summed E-state index contributed by atoms with van der Waals surface area (Å²) < 4.78 is 49.4. The van der Waals surface area contributed by atoms with E-state index in [0.717, 1.165) is 6.07 Å². The summed E-state index contributed by atoms with van der Waals surface area (Å²) in [6.07, 6.45) is 6.04. The molecule has 9 nitrogen and oxygen atoms in total. The molecule has 2 N–H and O–H groups in total. The largest absolute Gasteiger partial charge is 0.367 e. The highest BCUT2D eigenvalue weighted by atomic mass is 19.1. The first-order valence-corrected chi connectivity index (χ1v) is 14.7. The van der Waals surface area contributed by atoms with Gasteiger partial charge in [0.25, 0.3) is 5.91 Å². The zero-order chi connectivity index (χ0) is 31.0. The van der Waals surface area contributed by atoms with Gasteiger partial charge in [-0.15, -0.1) is 0 Å². The molecule has 4 heterocycles. The lowest BCUT2D eigenvalue weighted by Crippen LogP contribution is -2.43. The predicted molar refractivity (Wildman–Crippen MR) is 163 cm³/mol. The van der Waals surface area contributed by atoms with Gasteiger partial charge in [0.2, 0.25) is 5.91 Å². The number of nitrogens with one attached hydrogen (secondary N) is 2. The van der Waals surface area contributed by atoms with Gasteiger partial charge in [-0.05, 0) is 41.8 Å². The van der Waals surface area contributed by atoms with Crippen LogP contribution in [0.3, 0.4) is 0 Å². The summed E-state index contributed by atoms with van der Waals surface area (Å²) in [5.41, 5.74) is 1.22. The number of anilines is 1. The lowest BCUT2D eigenvalue weighted by molar-refractivity contribution is -0.131. The van der Waals surface area contributed by atoms with Crippen molar-refractivity contribution in [3.8, 4) is 11.1 Å². The minimum atomic E-state index is -0.659. The minimum Gasteiger partial charge on any atom is -0.367 e. The predicted octanol–water partition coefficient (Wildman–Crippen LogP) is 4.27. The average Bonchev–Trinajstić information content (AvgIpc) is 3.72. The second-order valence-corrected chi connectivity index (χ2v) is 11.3. The number of benzene rings is 2. The molecule has 2 aliphatic heterocycles. The molecule has 1 fully saturated rings. The van der Waals surface area contributed by atoms with Crippen molar-refractivity contribution in [3.63, 3.8) is 0 Å². The second-order valence-electron chi connectivity index (χ2n) is 11.3. The van der Waals surface area contributed by atoms with E-state index < -0.39 is 17.5 Å². The van der Waals surface area contributed by atoms with Crippen LogP contribution in [0.2, 0.25) is 0 Å². The molecular weight excluding hydrogens is 571 g/mol. The van der Waals surface area contributed by atoms with E-state index in [1.54, 1.807) is 47.0 Å². The van der Waals surface area contributed by atoms with Gasteiger partial charge in [-0.3, -0.25) is 14.3 Å². The Morgan fingerprint density at radius 1 is 0.977 bits per heavy atom. The van der Waals surface area contributed by atoms with E-state index in [1.807, 2.05) is 6.08 Å². The minimum absolute atomic E-state index is 0.0109. The highest BCUT2D eigenvalue weighted by Gasteiger charge is 2.27. The standard InChI is InChI=1S/C32H34F3N7O2/c1-39(2)32(44)27-17-24-22(23-16-26(34)28(18-25(23)33)40-13-8-36-9-14-40)15-21(30(35)31(24)38-27)20-5-3-10-41(19-20)29(43)6-12-42-11-4-7-37-42/h4-5,7,11,15-18,36,38H,3,6,8-10,12-14,19H2,1-2H3. The smallest absolute Gasteiger partial charge is 0.269 e. The van der Waals surface area contributed by atoms with Gasteiger partial charge in [-0.2, -0.15) is 5.10 Å². The summed E-state index contributed by atoms with van der Waals surface area (Å²) >= 11 is 0. The van der Waals surface area contributed by atoms with Gasteiger partial charge < -0.3 is 25.0 Å². The highest BCUT2D eigenvalue weighted by Crippen LogP contribution is 2.39. The van der Waals surface area contributed by atoms with Crippen LogP contribution >= 0.6 is 0 Å². The number of piperazine rings is 1. The maximum atomic E-state index is 16.3. The number of aromatic amines is 1. The average molecular weight is 606 g/mol. The van der Waals surface area contributed by atoms with Gasteiger partial charge >= 0.3 is 0 Å². The van der Waals surface area contributed by atoms with Crippen LogP contribution in [0.5, 0.6) is 0 Å². The van der Waals surface area contributed by atoms with E-state index in [-0.39, 0.29) is 63.8 Å². The topological polar surface area (TPSA) is 89.5 Å². The van der Waals surface area contributed by atoms with Crippen molar-refractivity contribution in [1.82, 2.24) is 29.9 Å². The summed E-state index contributed by atoms with van der Waals surface area (Å²) in [4.78, 5) is 33.6. The third-order valence-corrected chi connectivity index (χ3v) is 8.24. The van der Waals surface area contributed by atoms with Crippen LogP contribution in [0.25, 0.3) is 27.6 Å². The number of aryl methyl sites for hydroxylation is 1. The molecule has 2 aromatic carbocycles. The molecular formula is C32H34F3N7O2. The number of carbonyl (C=O) groups is 2. The molecule has 2 aromatic heterocycles. The quantitative estimate of drug-likeness (QED) is 0.329. The van der Waals surface area contributed by atoms with E-state index in [4.69, 9.17) is 0 Å². The highest BCUT2D eigenvalue weighted by molar-refractivity contribution is 6.04. The zero-order valence-electron chi connectivity index (χ0n) is 24.7. The number of carbonyl (C=O) groups excluding carboxylic acids is 2. The summed E-state index contributed by atoms with van der Waals surface area (Å²) in [5, 5.41) is 7.59. The van der Waals surface area contributed by atoms with Crippen LogP contribution in [-0.4, -0.2) is 89.7 Å². The number of H-pyrrole nitrogens is 1. The molecule has 2 amide bonds. The van der Waals surface area contributed by atoms with E-state index in [9.17, 15) is 9.59 Å². The fourth-order valence-electron chi connectivity index (χ4n) is 5.92. The molecule has 4 aromatic rings. The van der Waals surface area contributed by atoms with E-state index >= 15 is 13.2 Å². The fraction of sp³-hybridized carbons (Fsp3) is 0.344. The Kier molecular flexibility index (Phi) is 8.17. The number of aromatic nitrogens is 3. The molecule has 44 heavy (non-hydrogen) atoms. The van der Waals surface area contributed by atoms with E-state index in [1.165, 1.54) is 23.1 Å². The molecule has 0 bridgehead atoms. The van der Waals surface area contributed by atoms with Crippen molar-refractivity contribution in [2.24, 2.45) is 0 Å². The van der Waals surface area contributed by atoms with Gasteiger partial charge in [-0.25, -0.2) is 13.2 Å². The zero-order valence-corrected chi connectivity index (χ0v) is 24.7. The monoisotopic (exact) mass is 605 g/mol. The normalized spacial score (nSPS) is 15.5. The van der Waals surface area contributed by atoms with Gasteiger partial charge in [0.15, 0.2) is 5.82 Å². The Hall–Kier alpha value is -4.58. The molecule has 230 valence electrons. The maximum absolute atomic E-state index is 16.3. The summed E-state index contributed by atoms with van der Waals surface area (Å²) in [6.45, 7) is 3.47. The molecule has 0 saturated carbocycles. The van der Waals surface area contributed by atoms with E-state index in [2.05, 4.69) is 15.4 Å². The van der Waals surface area contributed by atoms with Crippen LogP contribution < -0.4 is 10.2 Å². The lowest BCUT2D eigenvalue weighted by atomic mass is 9.92. The van der Waals surface area contributed by atoms with Crippen LogP contribution in [0.1, 0.15) is 28.9 Å². The second kappa shape index (κ2) is 12.2. The summed E-state index contributed by atoms with van der Waals surface area (Å²) in [6, 6.07) is 7.09. The Balaban J connectivity index is 1.41. The van der Waals surface area contributed by atoms with Crippen LogP contribution in [0.15, 0.2) is 48.8 Å². The molecule has 2 aliphatic rings. The van der Waals surface area contributed by atoms with Crippen molar-refractivity contribution < 1.29 is 22.8 Å². The van der Waals surface area contributed by atoms with Crippen LogP contribution in [0.4, 0.5) is 18.9 Å². The Morgan fingerprint density at radius 2 is 1.77 bits per heavy atom. The molecule has 0 unspecified atom stereocenters. The van der Waals surface area contributed by atoms with Gasteiger partial charge in [0, 0.05) is 101 Å². The van der Waals surface area contributed by atoms with Gasteiger partial charge in [0.1, 0.15) is 17.3 Å². The molecule has 0 atom stereocenters.